The molecule has 132 valence electrons. The number of pyridine rings is 1. The fourth-order valence-electron chi connectivity index (χ4n) is 2.42. The van der Waals surface area contributed by atoms with Crippen LogP contribution in [0.15, 0.2) is 36.7 Å². The molecule has 0 aliphatic rings. The van der Waals surface area contributed by atoms with Gasteiger partial charge in [0.2, 0.25) is 0 Å². The number of anilines is 1. The summed E-state index contributed by atoms with van der Waals surface area (Å²) in [5, 5.41) is 2.85. The molecule has 0 spiro atoms. The predicted octanol–water partition coefficient (Wildman–Crippen LogP) is 3.82. The first-order valence-corrected chi connectivity index (χ1v) is 8.51. The molecule has 0 saturated carbocycles. The Balaban J connectivity index is 2.13. The summed E-state index contributed by atoms with van der Waals surface area (Å²) >= 11 is 0. The molecular formula is C20H25N3O2. The van der Waals surface area contributed by atoms with Gasteiger partial charge in [-0.25, -0.2) is 0 Å². The van der Waals surface area contributed by atoms with Gasteiger partial charge in [-0.2, -0.15) is 0 Å². The summed E-state index contributed by atoms with van der Waals surface area (Å²) in [6, 6.07) is 7.34. The zero-order valence-corrected chi connectivity index (χ0v) is 15.3. The second kappa shape index (κ2) is 8.42. The van der Waals surface area contributed by atoms with Gasteiger partial charge in [0.15, 0.2) is 0 Å². The summed E-state index contributed by atoms with van der Waals surface area (Å²) in [4.78, 5) is 30.6. The summed E-state index contributed by atoms with van der Waals surface area (Å²) in [6.45, 7) is 6.79. The van der Waals surface area contributed by atoms with Gasteiger partial charge in [0.1, 0.15) is 0 Å². The molecular weight excluding hydrogens is 314 g/mol. The molecule has 2 aromatic rings. The molecule has 1 aromatic heterocycles. The van der Waals surface area contributed by atoms with E-state index in [9.17, 15) is 9.59 Å². The number of amides is 2. The van der Waals surface area contributed by atoms with E-state index in [4.69, 9.17) is 0 Å². The molecule has 0 bridgehead atoms. The maximum atomic E-state index is 12.5. The Morgan fingerprint density at radius 3 is 2.48 bits per heavy atom. The van der Waals surface area contributed by atoms with Crippen LogP contribution in [-0.4, -0.2) is 35.3 Å². The van der Waals surface area contributed by atoms with Crippen LogP contribution in [0.5, 0.6) is 0 Å². The van der Waals surface area contributed by atoms with E-state index in [-0.39, 0.29) is 11.8 Å². The minimum Gasteiger partial charge on any atom is -0.342 e. The second-order valence-corrected chi connectivity index (χ2v) is 6.30. The molecule has 0 saturated heterocycles. The van der Waals surface area contributed by atoms with Crippen molar-refractivity contribution in [2.75, 3.05) is 18.9 Å². The molecule has 5 heteroatoms. The molecule has 0 fully saturated rings. The third kappa shape index (κ3) is 4.89. The number of carbonyl (C=O) groups excluding carboxylic acids is 2. The van der Waals surface area contributed by atoms with Gasteiger partial charge in [-0.15, -0.1) is 0 Å². The van der Waals surface area contributed by atoms with Crippen molar-refractivity contribution in [3.05, 3.63) is 58.9 Å². The minimum absolute atomic E-state index is 0.123. The molecule has 2 amide bonds. The number of unbranched alkanes of at least 4 members (excludes halogenated alkanes) is 1. The van der Waals surface area contributed by atoms with Crippen LogP contribution in [0, 0.1) is 13.8 Å². The van der Waals surface area contributed by atoms with Gasteiger partial charge in [0.25, 0.3) is 11.8 Å². The molecule has 1 heterocycles. The van der Waals surface area contributed by atoms with Crippen molar-refractivity contribution in [2.45, 2.75) is 33.6 Å². The van der Waals surface area contributed by atoms with Crippen molar-refractivity contribution in [3.63, 3.8) is 0 Å². The first kappa shape index (κ1) is 18.6. The number of hydrogen-bond donors (Lipinski definition) is 1. The summed E-state index contributed by atoms with van der Waals surface area (Å²) in [6.07, 6.45) is 4.94. The van der Waals surface area contributed by atoms with Gasteiger partial charge in [-0.3, -0.25) is 14.6 Å². The van der Waals surface area contributed by atoms with Crippen LogP contribution in [0.25, 0.3) is 0 Å². The van der Waals surface area contributed by atoms with Gasteiger partial charge in [0.05, 0.1) is 11.1 Å². The molecule has 2 rings (SSSR count). The van der Waals surface area contributed by atoms with Gasteiger partial charge in [-0.05, 0) is 49.6 Å². The Kier molecular flexibility index (Phi) is 6.28. The van der Waals surface area contributed by atoms with Crippen LogP contribution in [0.4, 0.5) is 5.69 Å². The van der Waals surface area contributed by atoms with Crippen molar-refractivity contribution in [1.82, 2.24) is 9.88 Å². The van der Waals surface area contributed by atoms with Gasteiger partial charge in [-0.1, -0.05) is 19.4 Å². The topological polar surface area (TPSA) is 62.3 Å². The summed E-state index contributed by atoms with van der Waals surface area (Å²) in [7, 11) is 1.76. The van der Waals surface area contributed by atoms with E-state index in [1.54, 1.807) is 18.0 Å². The lowest BCUT2D eigenvalue weighted by molar-refractivity contribution is 0.0793. The highest BCUT2D eigenvalue weighted by atomic mass is 16.2. The van der Waals surface area contributed by atoms with Gasteiger partial charge in [0, 0.05) is 31.7 Å². The number of nitrogens with zero attached hydrogens (tertiary/aromatic N) is 2. The van der Waals surface area contributed by atoms with E-state index < -0.39 is 0 Å². The molecule has 1 aromatic carbocycles. The number of hydrogen-bond acceptors (Lipinski definition) is 3. The van der Waals surface area contributed by atoms with Crippen molar-refractivity contribution < 1.29 is 9.59 Å². The lowest BCUT2D eigenvalue weighted by atomic mass is 10.1. The minimum atomic E-state index is -0.276. The van der Waals surface area contributed by atoms with Crippen molar-refractivity contribution in [3.8, 4) is 0 Å². The molecule has 0 radical (unpaired) electrons. The van der Waals surface area contributed by atoms with E-state index in [0.717, 1.165) is 24.1 Å². The van der Waals surface area contributed by atoms with E-state index in [1.165, 1.54) is 18.0 Å². The van der Waals surface area contributed by atoms with E-state index >= 15 is 0 Å². The van der Waals surface area contributed by atoms with Crippen molar-refractivity contribution in [2.24, 2.45) is 0 Å². The fraction of sp³-hybridized carbons (Fsp3) is 0.350. The maximum Gasteiger partial charge on any atom is 0.257 e. The zero-order valence-electron chi connectivity index (χ0n) is 15.3. The average molecular weight is 339 g/mol. The Hall–Kier alpha value is -2.69. The monoisotopic (exact) mass is 339 g/mol. The van der Waals surface area contributed by atoms with Gasteiger partial charge >= 0.3 is 0 Å². The molecule has 0 atom stereocenters. The Labute approximate surface area is 149 Å². The third-order valence-electron chi connectivity index (χ3n) is 4.21. The summed E-state index contributed by atoms with van der Waals surface area (Å²) < 4.78 is 0. The standard InChI is InChI=1S/C20H25N3O2/c1-5-6-9-23(4)20(25)17-11-16(12-21-13-17)19(24)22-18-8-7-14(2)15(3)10-18/h7-8,10-13H,5-6,9H2,1-4H3,(H,22,24). The fourth-order valence-corrected chi connectivity index (χ4v) is 2.42. The lowest BCUT2D eigenvalue weighted by Crippen LogP contribution is -2.28. The van der Waals surface area contributed by atoms with Crippen LogP contribution in [0.3, 0.4) is 0 Å². The first-order valence-electron chi connectivity index (χ1n) is 8.51. The number of rotatable bonds is 6. The van der Waals surface area contributed by atoms with E-state index in [1.807, 2.05) is 32.0 Å². The molecule has 0 aliphatic carbocycles. The number of aryl methyl sites for hydroxylation is 2. The van der Waals surface area contributed by atoms with Crippen LogP contribution in [0.1, 0.15) is 51.6 Å². The number of aromatic nitrogens is 1. The van der Waals surface area contributed by atoms with Crippen LogP contribution in [-0.2, 0) is 0 Å². The largest absolute Gasteiger partial charge is 0.342 e. The smallest absolute Gasteiger partial charge is 0.257 e. The summed E-state index contributed by atoms with van der Waals surface area (Å²) in [5.74, 6) is -0.400. The highest BCUT2D eigenvalue weighted by Crippen LogP contribution is 2.15. The second-order valence-electron chi connectivity index (χ2n) is 6.30. The Morgan fingerprint density at radius 2 is 1.80 bits per heavy atom. The van der Waals surface area contributed by atoms with Crippen molar-refractivity contribution in [1.29, 1.82) is 0 Å². The Bertz CT molecular complexity index is 771. The van der Waals surface area contributed by atoms with E-state index in [2.05, 4.69) is 17.2 Å². The lowest BCUT2D eigenvalue weighted by Gasteiger charge is -2.16. The van der Waals surface area contributed by atoms with Crippen LogP contribution < -0.4 is 5.32 Å². The average Bonchev–Trinajstić information content (AvgIpc) is 2.62. The normalized spacial score (nSPS) is 10.4. The third-order valence-corrected chi connectivity index (χ3v) is 4.21. The van der Waals surface area contributed by atoms with Crippen LogP contribution >= 0.6 is 0 Å². The quantitative estimate of drug-likeness (QED) is 0.870. The predicted molar refractivity (Wildman–Crippen MR) is 100.0 cm³/mol. The molecule has 25 heavy (non-hydrogen) atoms. The van der Waals surface area contributed by atoms with Gasteiger partial charge < -0.3 is 10.2 Å². The van der Waals surface area contributed by atoms with Crippen molar-refractivity contribution >= 4 is 17.5 Å². The highest BCUT2D eigenvalue weighted by molar-refractivity contribution is 6.05. The van der Waals surface area contributed by atoms with E-state index in [0.29, 0.717) is 17.7 Å². The molecule has 0 aliphatic heterocycles. The molecule has 1 N–H and O–H groups in total. The van der Waals surface area contributed by atoms with Crippen LogP contribution in [0.2, 0.25) is 0 Å². The summed E-state index contributed by atoms with van der Waals surface area (Å²) in [5.41, 5.74) is 3.80. The molecule has 5 nitrogen and oxygen atoms in total. The number of carbonyl (C=O) groups is 2. The zero-order chi connectivity index (χ0) is 18.4. The number of nitrogens with one attached hydrogen (secondary N) is 1. The Morgan fingerprint density at radius 1 is 1.08 bits per heavy atom. The SMILES string of the molecule is CCCCN(C)C(=O)c1cncc(C(=O)Nc2ccc(C)c(C)c2)c1. The first-order chi connectivity index (χ1) is 11.9. The maximum absolute atomic E-state index is 12.5. The number of benzene rings is 1. The highest BCUT2D eigenvalue weighted by Gasteiger charge is 2.15. The molecule has 0 unspecified atom stereocenters.